The molecule has 3 aliphatic heterocycles. The van der Waals surface area contributed by atoms with E-state index in [4.69, 9.17) is 28.4 Å². The molecule has 3 saturated heterocycles. The average molecular weight is 1560 g/mol. The molecule has 3 N–H and O–H groups in total. The number of likely N-dealkylation sites (tertiary alicyclic amines) is 3. The molecule has 3 aliphatic rings. The Labute approximate surface area is 656 Å². The second kappa shape index (κ2) is 36.3. The van der Waals surface area contributed by atoms with E-state index in [2.05, 4.69) is 35.5 Å². The number of aromatic hydroxyl groups is 3. The summed E-state index contributed by atoms with van der Waals surface area (Å²) < 4.78 is 80.5. The Hall–Kier alpha value is -10.3. The highest BCUT2D eigenvalue weighted by Gasteiger charge is 2.31. The van der Waals surface area contributed by atoms with Gasteiger partial charge in [-0.05, 0) is 278 Å². The van der Waals surface area contributed by atoms with Gasteiger partial charge in [-0.1, -0.05) is 40.0 Å². The van der Waals surface area contributed by atoms with Crippen LogP contribution < -0.4 is 28.4 Å². The number of halogens is 3. The lowest BCUT2D eigenvalue weighted by Gasteiger charge is -2.17. The minimum atomic E-state index is -0.405. The second-order valence-corrected chi connectivity index (χ2v) is 31.6. The summed E-state index contributed by atoms with van der Waals surface area (Å²) in [5.41, 5.74) is 2.93. The van der Waals surface area contributed by atoms with Crippen LogP contribution in [0.1, 0.15) is 141 Å². The number of fused-ring (bicyclic) bond motifs is 3. The number of carbonyl (C=O) groups excluding carboxylic acids is 3. The maximum atomic E-state index is 13.9. The molecule has 15 rings (SSSR count). The van der Waals surface area contributed by atoms with Crippen LogP contribution >= 0.6 is 34.0 Å². The monoisotopic (exact) mass is 1560 g/mol. The molecule has 0 saturated carbocycles. The van der Waals surface area contributed by atoms with Gasteiger partial charge in [0.15, 0.2) is 17.2 Å². The number of phenols is 3. The molecule has 0 unspecified atom stereocenters. The van der Waals surface area contributed by atoms with Crippen molar-refractivity contribution in [2.75, 3.05) is 58.9 Å². The number of rotatable bonds is 27. The molecule has 0 bridgehead atoms. The number of benzene rings is 9. The fourth-order valence-corrected chi connectivity index (χ4v) is 17.5. The van der Waals surface area contributed by atoms with E-state index in [1.807, 2.05) is 72.8 Å². The van der Waals surface area contributed by atoms with Crippen LogP contribution in [-0.4, -0.2) is 125 Å². The quantitative estimate of drug-likeness (QED) is 0.0414. The average Bonchev–Trinajstić information content (AvgIpc) is 1.65. The molecule has 0 amide bonds. The molecular formula is C90H90F3N3O12S3. The third-order valence-corrected chi connectivity index (χ3v) is 23.4. The highest BCUT2D eigenvalue weighted by Crippen LogP contribution is 2.47. The van der Waals surface area contributed by atoms with Crippen LogP contribution in [0.4, 0.5) is 13.2 Å². The van der Waals surface area contributed by atoms with Gasteiger partial charge in [0, 0.05) is 86.2 Å². The van der Waals surface area contributed by atoms with Gasteiger partial charge in [-0.15, -0.1) is 34.0 Å². The molecule has 15 nitrogen and oxygen atoms in total. The summed E-state index contributed by atoms with van der Waals surface area (Å²) in [4.78, 5) is 49.1. The van der Waals surface area contributed by atoms with E-state index in [0.29, 0.717) is 82.5 Å². The number of thiophene rings is 3. The zero-order chi connectivity index (χ0) is 77.8. The number of hydrogen-bond donors (Lipinski definition) is 3. The van der Waals surface area contributed by atoms with Gasteiger partial charge in [0.05, 0.1) is 0 Å². The Morgan fingerprint density at radius 3 is 1.08 bits per heavy atom. The van der Waals surface area contributed by atoms with Crippen molar-refractivity contribution in [2.24, 2.45) is 0 Å². The van der Waals surface area contributed by atoms with Crippen LogP contribution in [0.25, 0.3) is 30.3 Å². The van der Waals surface area contributed by atoms with Gasteiger partial charge < -0.3 is 43.7 Å². The summed E-state index contributed by atoms with van der Waals surface area (Å²) in [5, 5.41) is 32.1. The van der Waals surface area contributed by atoms with Crippen molar-refractivity contribution in [2.45, 2.75) is 118 Å². The van der Waals surface area contributed by atoms with Crippen molar-refractivity contribution in [3.63, 3.8) is 0 Å². The summed E-state index contributed by atoms with van der Waals surface area (Å²) in [6.45, 7) is 21.2. The molecule has 576 valence electrons. The van der Waals surface area contributed by atoms with Crippen molar-refractivity contribution in [1.29, 1.82) is 0 Å². The molecule has 9 aromatic carbocycles. The van der Waals surface area contributed by atoms with Gasteiger partial charge in [-0.2, -0.15) is 0 Å². The van der Waals surface area contributed by atoms with E-state index in [9.17, 15) is 42.9 Å². The second-order valence-electron chi connectivity index (χ2n) is 28.5. The smallest absolute Gasteiger partial charge is 0.207 e. The van der Waals surface area contributed by atoms with Gasteiger partial charge in [-0.3, -0.25) is 29.1 Å². The predicted molar refractivity (Wildman–Crippen MR) is 435 cm³/mol. The summed E-state index contributed by atoms with van der Waals surface area (Å²) in [6.07, 6.45) is 10.8. The van der Waals surface area contributed by atoms with Crippen molar-refractivity contribution >= 4 is 81.6 Å². The first kappa shape index (κ1) is 78.8. The number of unbranched alkanes of at least 4 members (excludes halogenated alkanes) is 3. The number of nitrogens with zero attached hydrogens (tertiary/aromatic N) is 3. The van der Waals surface area contributed by atoms with Crippen LogP contribution in [-0.2, 0) is 0 Å². The first-order valence-electron chi connectivity index (χ1n) is 37.9. The number of aryl methyl sites for hydroxylation is 3. The molecule has 6 heterocycles. The number of ether oxygens (including phenoxy) is 6. The molecule has 0 radical (unpaired) electrons. The standard InChI is InChI=1S/C31H32FNO4S.C30H30FNO4S.C29H28FNO4S/c1-4-5-13-33-14-12-25(18-33)36-23-7-9-24(10-8-23)37-30-26-11-6-22(34)17-27(26)38-31(30)29(35)28-19(2)15-21(32)16-20(28)3;1-3-4-14-32-15-13-24(18-32)35-22-7-9-23(10-8-22)36-29-26-12-6-21(33)17-27(26)37-30(29)28(34)25-11-5-20(31)16-19(25)2;1-2-3-15-31-16-14-24(18-31)34-22-9-11-23(12-10-22)35-28-25-13-8-21(32)17-26(25)36-29(28)27(33)19-4-6-20(30)7-5-19/h6-11,15-17,25,34H,4-5,12-14,18H2,1-3H3;5-12,16-17,24,33H,3-4,13-15,18H2,1-2H3;4-13,17,24,32H,2-3,14-16,18H2,1H3/t25-;2*24-/m110/s1. The number of carbonyl (C=O) groups is 3. The zero-order valence-corrected chi connectivity index (χ0v) is 65.4. The van der Waals surface area contributed by atoms with E-state index >= 15 is 0 Å². The summed E-state index contributed by atoms with van der Waals surface area (Å²) in [5.74, 6) is 3.75. The van der Waals surface area contributed by atoms with Crippen molar-refractivity contribution in [3.8, 4) is 69.0 Å². The van der Waals surface area contributed by atoms with Crippen molar-refractivity contribution < 1.29 is 71.3 Å². The maximum Gasteiger partial charge on any atom is 0.207 e. The molecule has 3 atom stereocenters. The molecule has 0 aliphatic carbocycles. The zero-order valence-electron chi connectivity index (χ0n) is 63.0. The minimum absolute atomic E-state index is 0.109. The summed E-state index contributed by atoms with van der Waals surface area (Å²) in [7, 11) is 0. The van der Waals surface area contributed by atoms with E-state index in [1.165, 1.54) is 127 Å². The van der Waals surface area contributed by atoms with Gasteiger partial charge in [0.2, 0.25) is 17.3 Å². The third-order valence-electron chi connectivity index (χ3n) is 20.0. The van der Waals surface area contributed by atoms with Crippen LogP contribution in [0.3, 0.4) is 0 Å². The molecule has 0 spiro atoms. The van der Waals surface area contributed by atoms with Crippen LogP contribution in [0.5, 0.6) is 69.0 Å². The van der Waals surface area contributed by atoms with Crippen molar-refractivity contribution in [3.05, 3.63) is 247 Å². The summed E-state index contributed by atoms with van der Waals surface area (Å²) >= 11 is 3.74. The van der Waals surface area contributed by atoms with Gasteiger partial charge in [-0.25, -0.2) is 13.2 Å². The molecule has 3 fully saturated rings. The lowest BCUT2D eigenvalue weighted by Crippen LogP contribution is -2.25. The fourth-order valence-electron chi connectivity index (χ4n) is 14.2. The van der Waals surface area contributed by atoms with Crippen molar-refractivity contribution in [1.82, 2.24) is 14.7 Å². The lowest BCUT2D eigenvalue weighted by molar-refractivity contribution is 0.103. The lowest BCUT2D eigenvalue weighted by atomic mass is 9.97. The topological polar surface area (TPSA) is 177 Å². The van der Waals surface area contributed by atoms with E-state index in [0.717, 1.165) is 126 Å². The maximum absolute atomic E-state index is 13.9. The van der Waals surface area contributed by atoms with Gasteiger partial charge >= 0.3 is 0 Å². The Kier molecular flexibility index (Phi) is 25.8. The van der Waals surface area contributed by atoms with E-state index < -0.39 is 5.82 Å². The Morgan fingerprint density at radius 1 is 0.387 bits per heavy atom. The minimum Gasteiger partial charge on any atom is -0.508 e. The summed E-state index contributed by atoms with van der Waals surface area (Å²) in [6, 6.07) is 49.4. The molecule has 111 heavy (non-hydrogen) atoms. The third kappa shape index (κ3) is 19.6. The molecule has 12 aromatic rings. The van der Waals surface area contributed by atoms with Crippen LogP contribution in [0, 0.1) is 38.2 Å². The van der Waals surface area contributed by atoms with Crippen LogP contribution in [0.2, 0.25) is 0 Å². The van der Waals surface area contributed by atoms with Gasteiger partial charge in [0.1, 0.15) is 102 Å². The fraction of sp³-hybridized carbons (Fsp3) is 0.300. The Bertz CT molecular complexity index is 5240. The highest BCUT2D eigenvalue weighted by atomic mass is 32.1. The van der Waals surface area contributed by atoms with E-state index in [1.54, 1.807) is 75.4 Å². The Balaban J connectivity index is 0.000000146. The normalized spacial score (nSPS) is 15.8. The first-order chi connectivity index (χ1) is 53.7. The molecule has 3 aromatic heterocycles. The van der Waals surface area contributed by atoms with E-state index in [-0.39, 0.29) is 64.5 Å². The number of hydrogen-bond acceptors (Lipinski definition) is 18. The highest BCUT2D eigenvalue weighted by molar-refractivity contribution is 7.22. The molecule has 21 heteroatoms. The SMILES string of the molecule is CCCCN1CC[C@@H](Oc2ccc(Oc3c(C(=O)c4c(C)cc(F)cc4C)sc4cc(O)ccc34)cc2)C1.CCCCN1CC[C@@H](Oc2ccc(Oc3c(C(=O)c4ccc(F)cc4C)sc4cc(O)ccc34)cc2)C1.CCCCN1CC[C@H](Oc2ccc(Oc3c(C(=O)c4ccc(F)cc4)sc4cc(O)ccc34)cc2)C1. The first-order valence-corrected chi connectivity index (χ1v) is 40.4. The number of phenolic OH excluding ortho intramolecular Hbond substituents is 3. The predicted octanol–water partition coefficient (Wildman–Crippen LogP) is 22.0. The largest absolute Gasteiger partial charge is 0.508 e. The Morgan fingerprint density at radius 2 is 0.721 bits per heavy atom. The molecular weight excluding hydrogens is 1470 g/mol. The van der Waals surface area contributed by atoms with Gasteiger partial charge in [0.25, 0.3) is 0 Å². The van der Waals surface area contributed by atoms with Crippen LogP contribution in [0.15, 0.2) is 182 Å². The number of ketones is 3.